The summed E-state index contributed by atoms with van der Waals surface area (Å²) in [4.78, 5) is 0. The number of benzene rings is 1. The summed E-state index contributed by atoms with van der Waals surface area (Å²) in [5.41, 5.74) is 2.85. The molecule has 0 atom stereocenters. The minimum absolute atomic E-state index is 1.15. The minimum atomic E-state index is -1.15. The van der Waals surface area contributed by atoms with Crippen molar-refractivity contribution in [1.82, 2.24) is 0 Å². The van der Waals surface area contributed by atoms with Crippen LogP contribution in [0, 0.1) is 13.8 Å². The van der Waals surface area contributed by atoms with Gasteiger partial charge in [-0.05, 0) is 25.0 Å². The van der Waals surface area contributed by atoms with E-state index in [-0.39, 0.29) is 0 Å². The monoisotopic (exact) mass is 205 g/mol. The van der Waals surface area contributed by atoms with Gasteiger partial charge < -0.3 is 0 Å². The maximum atomic E-state index is 3.61. The van der Waals surface area contributed by atoms with E-state index in [2.05, 4.69) is 55.9 Å². The molecule has 0 aromatic heterocycles. The Morgan fingerprint density at radius 1 is 1.00 bits per heavy atom. The molecule has 69 valence electrons. The van der Waals surface area contributed by atoms with E-state index in [0.717, 1.165) is 0 Å². The van der Waals surface area contributed by atoms with Crippen molar-refractivity contribution in [3.05, 3.63) is 23.3 Å². The number of rotatable bonds is 1. The van der Waals surface area contributed by atoms with Gasteiger partial charge in [-0.15, -0.1) is 0 Å². The molecular formula is C11H17Si2. The van der Waals surface area contributed by atoms with Crippen LogP contribution in [0.4, 0.5) is 0 Å². The smallest absolute Gasteiger partial charge is 0.0656 e. The molecule has 1 aromatic carbocycles. The van der Waals surface area contributed by atoms with Gasteiger partial charge >= 0.3 is 0 Å². The number of hydrogen-bond acceptors (Lipinski definition) is 0. The third kappa shape index (κ3) is 2.12. The van der Waals surface area contributed by atoms with E-state index < -0.39 is 8.07 Å². The third-order valence-electron chi connectivity index (χ3n) is 2.60. The second kappa shape index (κ2) is 3.42. The van der Waals surface area contributed by atoms with Crippen molar-refractivity contribution in [2.45, 2.75) is 33.5 Å². The molecule has 2 heteroatoms. The van der Waals surface area contributed by atoms with E-state index in [1.165, 1.54) is 16.3 Å². The topological polar surface area (TPSA) is 0 Å². The van der Waals surface area contributed by atoms with E-state index in [9.17, 15) is 0 Å². The molecule has 1 rings (SSSR count). The van der Waals surface area contributed by atoms with E-state index in [4.69, 9.17) is 0 Å². The fraction of sp³-hybridized carbons (Fsp3) is 0.455. The lowest BCUT2D eigenvalue weighted by atomic mass is 10.1. The molecule has 0 saturated carbocycles. The van der Waals surface area contributed by atoms with Gasteiger partial charge in [0, 0.05) is 0 Å². The van der Waals surface area contributed by atoms with Crippen molar-refractivity contribution in [2.75, 3.05) is 0 Å². The zero-order chi connectivity index (χ0) is 10.2. The summed E-state index contributed by atoms with van der Waals surface area (Å²) in [6.45, 7) is 11.6. The lowest BCUT2D eigenvalue weighted by Gasteiger charge is -2.21. The Kier molecular flexibility index (Phi) is 2.83. The second-order valence-corrected chi connectivity index (χ2v) is 10.2. The predicted octanol–water partition coefficient (Wildman–Crippen LogP) is 1.64. The van der Waals surface area contributed by atoms with Crippen molar-refractivity contribution in [2.24, 2.45) is 0 Å². The van der Waals surface area contributed by atoms with E-state index in [1.807, 2.05) is 0 Å². The van der Waals surface area contributed by atoms with Gasteiger partial charge in [-0.2, -0.15) is 0 Å². The summed E-state index contributed by atoms with van der Waals surface area (Å²) in [6.07, 6.45) is 0. The average Bonchev–Trinajstić information content (AvgIpc) is 1.98. The Balaban J connectivity index is 3.35. The Morgan fingerprint density at radius 3 is 2.00 bits per heavy atom. The van der Waals surface area contributed by atoms with Crippen LogP contribution in [-0.2, 0) is 0 Å². The first kappa shape index (κ1) is 10.7. The molecule has 1 aromatic rings. The molecule has 0 nitrogen and oxygen atoms in total. The first-order valence-electron chi connectivity index (χ1n) is 4.66. The van der Waals surface area contributed by atoms with Crippen molar-refractivity contribution in [1.29, 1.82) is 0 Å². The summed E-state index contributed by atoms with van der Waals surface area (Å²) in [5.74, 6) is 0. The lowest BCUT2D eigenvalue weighted by molar-refractivity contribution is 1.38. The van der Waals surface area contributed by atoms with Gasteiger partial charge in [-0.25, -0.2) is 0 Å². The van der Waals surface area contributed by atoms with Crippen molar-refractivity contribution in [3.63, 3.8) is 0 Å². The zero-order valence-electron chi connectivity index (χ0n) is 9.15. The molecule has 0 unspecified atom stereocenters. The van der Waals surface area contributed by atoms with Gasteiger partial charge in [-0.3, -0.25) is 0 Å². The molecule has 0 aliphatic rings. The largest absolute Gasteiger partial charge is 0.0779 e. The van der Waals surface area contributed by atoms with E-state index >= 15 is 0 Å². The van der Waals surface area contributed by atoms with Crippen LogP contribution in [0.15, 0.2) is 12.1 Å². The molecular weight excluding hydrogens is 188 g/mol. The van der Waals surface area contributed by atoms with Crippen LogP contribution >= 0.6 is 0 Å². The SMILES string of the molecule is Cc1c([Si])ccc([Si](C)(C)C)c1C. The highest BCUT2D eigenvalue weighted by molar-refractivity contribution is 6.89. The molecule has 0 heterocycles. The predicted molar refractivity (Wildman–Crippen MR) is 64.3 cm³/mol. The first-order valence-corrected chi connectivity index (χ1v) is 8.66. The Morgan fingerprint density at radius 2 is 1.54 bits per heavy atom. The maximum Gasteiger partial charge on any atom is 0.0779 e. The zero-order valence-corrected chi connectivity index (χ0v) is 11.2. The third-order valence-corrected chi connectivity index (χ3v) is 5.29. The molecule has 0 aliphatic heterocycles. The van der Waals surface area contributed by atoms with Gasteiger partial charge in [0.25, 0.3) is 0 Å². The highest BCUT2D eigenvalue weighted by Gasteiger charge is 2.19. The molecule has 0 spiro atoms. The highest BCUT2D eigenvalue weighted by Crippen LogP contribution is 2.08. The highest BCUT2D eigenvalue weighted by atomic mass is 28.3. The van der Waals surface area contributed by atoms with Crippen molar-refractivity contribution in [3.8, 4) is 0 Å². The molecule has 3 radical (unpaired) electrons. The molecule has 0 N–H and O–H groups in total. The van der Waals surface area contributed by atoms with E-state index in [0.29, 0.717) is 0 Å². The summed E-state index contributed by atoms with van der Waals surface area (Å²) in [5, 5.41) is 2.80. The van der Waals surface area contributed by atoms with Crippen LogP contribution in [0.3, 0.4) is 0 Å². The summed E-state index contributed by atoms with van der Waals surface area (Å²) in [7, 11) is 2.46. The van der Waals surface area contributed by atoms with Gasteiger partial charge in [-0.1, -0.05) is 42.1 Å². The molecule has 0 fully saturated rings. The number of hydrogen-bond donors (Lipinski definition) is 0. The fourth-order valence-electron chi connectivity index (χ4n) is 1.63. The van der Waals surface area contributed by atoms with Crippen LogP contribution in [0.1, 0.15) is 11.1 Å². The van der Waals surface area contributed by atoms with Gasteiger partial charge in [0.15, 0.2) is 0 Å². The Hall–Kier alpha value is -0.346. The van der Waals surface area contributed by atoms with Crippen LogP contribution in [0.5, 0.6) is 0 Å². The second-order valence-electron chi connectivity index (χ2n) is 4.66. The van der Waals surface area contributed by atoms with Crippen LogP contribution in [0.25, 0.3) is 0 Å². The average molecular weight is 205 g/mol. The Bertz CT molecular complexity index is 322. The summed E-state index contributed by atoms with van der Waals surface area (Å²) < 4.78 is 0. The molecule has 0 saturated heterocycles. The van der Waals surface area contributed by atoms with Gasteiger partial charge in [0.2, 0.25) is 0 Å². The van der Waals surface area contributed by atoms with Crippen molar-refractivity contribution >= 4 is 28.7 Å². The van der Waals surface area contributed by atoms with Crippen molar-refractivity contribution < 1.29 is 0 Å². The van der Waals surface area contributed by atoms with Crippen LogP contribution in [0.2, 0.25) is 19.6 Å². The maximum absolute atomic E-state index is 3.61. The molecule has 13 heavy (non-hydrogen) atoms. The van der Waals surface area contributed by atoms with Crippen LogP contribution in [-0.4, -0.2) is 18.3 Å². The normalized spacial score (nSPS) is 11.8. The fourth-order valence-corrected chi connectivity index (χ4v) is 3.80. The first-order chi connectivity index (χ1) is 5.84. The van der Waals surface area contributed by atoms with Gasteiger partial charge in [0.1, 0.15) is 0 Å². The standard InChI is InChI=1S/C11H17Si2/c1-8-9(2)11(13(3,4)5)7-6-10(8)12/h6-7H,1-5H3. The molecule has 0 aliphatic carbocycles. The summed E-state index contributed by atoms with van der Waals surface area (Å²) in [6, 6.07) is 4.45. The molecule has 0 amide bonds. The molecule has 0 bridgehead atoms. The van der Waals surface area contributed by atoms with E-state index in [1.54, 1.807) is 5.19 Å². The minimum Gasteiger partial charge on any atom is -0.0656 e. The van der Waals surface area contributed by atoms with Crippen LogP contribution < -0.4 is 10.4 Å². The lowest BCUT2D eigenvalue weighted by Crippen LogP contribution is -2.41. The quantitative estimate of drug-likeness (QED) is 0.612. The Labute approximate surface area is 85.8 Å². The summed E-state index contributed by atoms with van der Waals surface area (Å²) >= 11 is 0. The van der Waals surface area contributed by atoms with Gasteiger partial charge in [0.05, 0.1) is 18.3 Å².